The van der Waals surface area contributed by atoms with Crippen LogP contribution in [0.2, 0.25) is 0 Å². The molecule has 3 rings (SSSR count). The van der Waals surface area contributed by atoms with Crippen molar-refractivity contribution in [1.29, 1.82) is 0 Å². The van der Waals surface area contributed by atoms with E-state index in [-0.39, 0.29) is 11.3 Å². The van der Waals surface area contributed by atoms with E-state index in [1.54, 1.807) is 0 Å². The van der Waals surface area contributed by atoms with Crippen molar-refractivity contribution >= 4 is 0 Å². The molecule has 8 heteroatoms. The Morgan fingerprint density at radius 2 is 1.72 bits per heavy atom. The quantitative estimate of drug-likeness (QED) is 0.496. The molecule has 2 aromatic rings. The number of aliphatic hydroxyl groups is 4. The molecule has 5 N–H and O–H groups in total. The van der Waals surface area contributed by atoms with Crippen LogP contribution in [0.4, 0.5) is 0 Å². The number of aliphatic hydroxyl groups excluding tert-OH is 4. The van der Waals surface area contributed by atoms with Gasteiger partial charge in [0.2, 0.25) is 12.2 Å². The van der Waals surface area contributed by atoms with Crippen LogP contribution in [0.5, 0.6) is 5.88 Å². The van der Waals surface area contributed by atoms with Crippen LogP contribution in [-0.2, 0) is 16.6 Å². The molecule has 8 nitrogen and oxygen atoms in total. The fraction of sp³-hybridized carbons (Fsp3) is 0.571. The Morgan fingerprint density at radius 1 is 1.07 bits per heavy atom. The first-order valence-electron chi connectivity index (χ1n) is 9.72. The highest BCUT2D eigenvalue weighted by Crippen LogP contribution is 2.29. The first-order valence-corrected chi connectivity index (χ1v) is 9.72. The molecule has 0 saturated carbocycles. The zero-order valence-electron chi connectivity index (χ0n) is 17.2. The van der Waals surface area contributed by atoms with E-state index in [9.17, 15) is 20.4 Å². The number of hydrogen-bond donors (Lipinski definition) is 5. The smallest absolute Gasteiger partial charge is 0.238 e. The third kappa shape index (κ3) is 4.62. The summed E-state index contributed by atoms with van der Waals surface area (Å²) in [4.78, 5) is 0. The van der Waals surface area contributed by atoms with E-state index in [2.05, 4.69) is 55.2 Å². The molecule has 160 valence electrons. The van der Waals surface area contributed by atoms with Gasteiger partial charge in [-0.05, 0) is 23.5 Å². The first kappa shape index (κ1) is 21.7. The van der Waals surface area contributed by atoms with Crippen LogP contribution < -0.4 is 4.74 Å². The summed E-state index contributed by atoms with van der Waals surface area (Å²) in [5.41, 5.74) is 3.99. The van der Waals surface area contributed by atoms with Gasteiger partial charge < -0.3 is 29.9 Å². The summed E-state index contributed by atoms with van der Waals surface area (Å²) < 4.78 is 11.1. The van der Waals surface area contributed by atoms with Gasteiger partial charge >= 0.3 is 0 Å². The Balaban J connectivity index is 1.77. The Morgan fingerprint density at radius 3 is 2.31 bits per heavy atom. The number of H-pyrrole nitrogens is 1. The molecule has 0 radical (unpaired) electrons. The molecule has 1 aromatic heterocycles. The van der Waals surface area contributed by atoms with E-state index < -0.39 is 37.3 Å². The number of hydrogen-bond acceptors (Lipinski definition) is 7. The Kier molecular flexibility index (Phi) is 6.30. The van der Waals surface area contributed by atoms with Crippen LogP contribution in [-0.4, -0.2) is 67.9 Å². The maximum Gasteiger partial charge on any atom is 0.238 e. The van der Waals surface area contributed by atoms with Crippen molar-refractivity contribution < 1.29 is 29.9 Å². The molecular weight excluding hydrogens is 376 g/mol. The van der Waals surface area contributed by atoms with Crippen molar-refractivity contribution in [2.45, 2.75) is 70.2 Å². The van der Waals surface area contributed by atoms with Gasteiger partial charge in [-0.1, -0.05) is 45.0 Å². The summed E-state index contributed by atoms with van der Waals surface area (Å²) in [6, 6.07) is 8.32. The minimum atomic E-state index is -1.50. The fourth-order valence-electron chi connectivity index (χ4n) is 3.34. The van der Waals surface area contributed by atoms with E-state index in [1.165, 1.54) is 5.56 Å². The second kappa shape index (κ2) is 8.41. The number of aromatic amines is 1. The molecule has 0 unspecified atom stereocenters. The van der Waals surface area contributed by atoms with Gasteiger partial charge in [-0.15, -0.1) is 5.10 Å². The summed E-state index contributed by atoms with van der Waals surface area (Å²) in [5.74, 6) is 0.242. The lowest BCUT2D eigenvalue weighted by molar-refractivity contribution is -0.278. The van der Waals surface area contributed by atoms with Gasteiger partial charge in [-0.2, -0.15) is 0 Å². The standard InChI is InChI=1S/C21H30N2O6/c1-11-14(9-12-5-7-13(8-6-12)21(2,3)4)19(23-22-11)29-20-18(27)17(26)16(25)15(10-24)28-20/h5-8,15-18,20,24-27H,9-10H2,1-4H3,(H,22,23)/t15-,16-,17+,18-,20+/m1/s1. The third-order valence-corrected chi connectivity index (χ3v) is 5.31. The maximum absolute atomic E-state index is 10.2. The van der Waals surface area contributed by atoms with E-state index in [0.717, 1.165) is 16.8 Å². The van der Waals surface area contributed by atoms with E-state index >= 15 is 0 Å². The summed E-state index contributed by atoms with van der Waals surface area (Å²) >= 11 is 0. The Hall–Kier alpha value is -1.97. The highest BCUT2D eigenvalue weighted by atomic mass is 16.7. The predicted molar refractivity (Wildman–Crippen MR) is 106 cm³/mol. The molecule has 0 spiro atoms. The van der Waals surface area contributed by atoms with Gasteiger partial charge in [0.05, 0.1) is 6.61 Å². The molecule has 0 bridgehead atoms. The zero-order chi connectivity index (χ0) is 21.3. The first-order chi connectivity index (χ1) is 13.6. The Bertz CT molecular complexity index is 812. The molecule has 1 fully saturated rings. The monoisotopic (exact) mass is 406 g/mol. The van der Waals surface area contributed by atoms with Gasteiger partial charge in [0, 0.05) is 17.7 Å². The summed E-state index contributed by atoms with van der Waals surface area (Å²) in [5, 5.41) is 46.4. The van der Waals surface area contributed by atoms with Crippen molar-refractivity contribution in [2.75, 3.05) is 6.61 Å². The van der Waals surface area contributed by atoms with E-state index in [0.29, 0.717) is 6.42 Å². The summed E-state index contributed by atoms with van der Waals surface area (Å²) in [7, 11) is 0. The number of nitrogens with zero attached hydrogens (tertiary/aromatic N) is 1. The maximum atomic E-state index is 10.2. The van der Waals surface area contributed by atoms with Gasteiger partial charge in [0.1, 0.15) is 24.4 Å². The lowest BCUT2D eigenvalue weighted by atomic mass is 9.86. The number of benzene rings is 1. The molecule has 29 heavy (non-hydrogen) atoms. The van der Waals surface area contributed by atoms with Gasteiger partial charge in [-0.3, -0.25) is 5.10 Å². The van der Waals surface area contributed by atoms with Gasteiger partial charge in [-0.25, -0.2) is 0 Å². The van der Waals surface area contributed by atoms with Crippen molar-refractivity contribution in [3.8, 4) is 5.88 Å². The molecular formula is C21H30N2O6. The van der Waals surface area contributed by atoms with E-state index in [4.69, 9.17) is 9.47 Å². The van der Waals surface area contributed by atoms with Crippen LogP contribution in [0, 0.1) is 6.92 Å². The number of ether oxygens (including phenoxy) is 2. The molecule has 1 saturated heterocycles. The van der Waals surface area contributed by atoms with Crippen LogP contribution in [0.1, 0.15) is 43.2 Å². The molecule has 1 aliphatic heterocycles. The largest absolute Gasteiger partial charge is 0.443 e. The minimum Gasteiger partial charge on any atom is -0.443 e. The molecule has 0 amide bonds. The number of aromatic nitrogens is 2. The predicted octanol–water partition coefficient (Wildman–Crippen LogP) is 0.785. The van der Waals surface area contributed by atoms with E-state index in [1.807, 2.05) is 6.92 Å². The number of aryl methyl sites for hydroxylation is 1. The van der Waals surface area contributed by atoms with Gasteiger partial charge in [0.15, 0.2) is 0 Å². The Labute approximate surface area is 170 Å². The number of rotatable bonds is 5. The average molecular weight is 406 g/mol. The average Bonchev–Trinajstić information content (AvgIpc) is 3.01. The van der Waals surface area contributed by atoms with Crippen LogP contribution in [0.3, 0.4) is 0 Å². The fourth-order valence-corrected chi connectivity index (χ4v) is 3.34. The summed E-state index contributed by atoms with van der Waals surface area (Å²) in [6.07, 6.45) is -6.17. The van der Waals surface area contributed by atoms with Crippen LogP contribution in [0.15, 0.2) is 24.3 Å². The van der Waals surface area contributed by atoms with Crippen molar-refractivity contribution in [3.63, 3.8) is 0 Å². The number of nitrogens with one attached hydrogen (secondary N) is 1. The normalized spacial score (nSPS) is 27.8. The van der Waals surface area contributed by atoms with Gasteiger partial charge in [0.25, 0.3) is 0 Å². The summed E-state index contributed by atoms with van der Waals surface area (Å²) in [6.45, 7) is 7.83. The highest BCUT2D eigenvalue weighted by Gasteiger charge is 2.45. The molecule has 0 aliphatic carbocycles. The van der Waals surface area contributed by atoms with Crippen LogP contribution >= 0.6 is 0 Å². The van der Waals surface area contributed by atoms with Crippen molar-refractivity contribution in [2.24, 2.45) is 0 Å². The molecule has 2 heterocycles. The van der Waals surface area contributed by atoms with Crippen molar-refractivity contribution in [3.05, 3.63) is 46.6 Å². The molecule has 1 aromatic carbocycles. The topological polar surface area (TPSA) is 128 Å². The third-order valence-electron chi connectivity index (χ3n) is 5.31. The zero-order valence-corrected chi connectivity index (χ0v) is 17.2. The lowest BCUT2D eigenvalue weighted by Gasteiger charge is -2.39. The molecule has 5 atom stereocenters. The SMILES string of the molecule is Cc1[nH]nc(O[C@@H]2O[C@H](CO)[C@@H](O)[C@H](O)[C@H]2O)c1Cc1ccc(C(C)(C)C)cc1. The minimum absolute atomic E-state index is 0.0709. The molecule has 1 aliphatic rings. The highest BCUT2D eigenvalue weighted by molar-refractivity contribution is 5.37. The van der Waals surface area contributed by atoms with Crippen molar-refractivity contribution in [1.82, 2.24) is 10.2 Å². The van der Waals surface area contributed by atoms with Crippen LogP contribution in [0.25, 0.3) is 0 Å². The lowest BCUT2D eigenvalue weighted by Crippen LogP contribution is -2.60. The second-order valence-electron chi connectivity index (χ2n) is 8.57. The second-order valence-corrected chi connectivity index (χ2v) is 8.57.